The van der Waals surface area contributed by atoms with E-state index in [1.807, 2.05) is 0 Å². The van der Waals surface area contributed by atoms with Crippen LogP contribution in [0.5, 0.6) is 0 Å². The van der Waals surface area contributed by atoms with Crippen molar-refractivity contribution in [3.63, 3.8) is 0 Å². The maximum Gasteiger partial charge on any atom is 0.303 e. The van der Waals surface area contributed by atoms with Gasteiger partial charge in [0.05, 0.1) is 0 Å². The monoisotopic (exact) mass is 201 g/mol. The van der Waals surface area contributed by atoms with Gasteiger partial charge in [-0.25, -0.2) is 0 Å². The standard InChI is InChI=1S/C11H23NO2/c1-4-5-9(12)8-11(2,3)7-6-10(13)14/h9H,4-8,12H2,1-3H3,(H,13,14). The lowest BCUT2D eigenvalue weighted by Gasteiger charge is -2.27. The van der Waals surface area contributed by atoms with Crippen LogP contribution in [0.15, 0.2) is 0 Å². The van der Waals surface area contributed by atoms with Crippen molar-refractivity contribution in [1.29, 1.82) is 0 Å². The fourth-order valence-electron chi connectivity index (χ4n) is 1.73. The quantitative estimate of drug-likeness (QED) is 0.664. The second-order valence-corrected chi connectivity index (χ2v) is 4.81. The van der Waals surface area contributed by atoms with Gasteiger partial charge in [0.2, 0.25) is 0 Å². The van der Waals surface area contributed by atoms with Crippen molar-refractivity contribution in [3.05, 3.63) is 0 Å². The second-order valence-electron chi connectivity index (χ2n) is 4.81. The molecule has 0 aromatic heterocycles. The van der Waals surface area contributed by atoms with Crippen LogP contribution in [0.3, 0.4) is 0 Å². The smallest absolute Gasteiger partial charge is 0.303 e. The lowest BCUT2D eigenvalue weighted by molar-refractivity contribution is -0.137. The molecule has 0 radical (unpaired) electrons. The topological polar surface area (TPSA) is 63.3 Å². The Morgan fingerprint density at radius 2 is 2.07 bits per heavy atom. The summed E-state index contributed by atoms with van der Waals surface area (Å²) in [6.45, 7) is 6.29. The first-order valence-corrected chi connectivity index (χ1v) is 5.35. The normalized spacial score (nSPS) is 14.0. The molecule has 0 bridgehead atoms. The Hall–Kier alpha value is -0.570. The Kier molecular flexibility index (Phi) is 5.77. The Labute approximate surface area is 86.7 Å². The highest BCUT2D eigenvalue weighted by Crippen LogP contribution is 2.28. The van der Waals surface area contributed by atoms with Crippen LogP contribution >= 0.6 is 0 Å². The molecule has 0 rings (SSSR count). The fourth-order valence-corrected chi connectivity index (χ4v) is 1.73. The SMILES string of the molecule is CCCC(N)CC(C)(C)CCC(=O)O. The van der Waals surface area contributed by atoms with E-state index in [2.05, 4.69) is 20.8 Å². The van der Waals surface area contributed by atoms with Crippen LogP contribution in [-0.4, -0.2) is 17.1 Å². The average molecular weight is 201 g/mol. The van der Waals surface area contributed by atoms with E-state index in [9.17, 15) is 4.79 Å². The molecule has 0 saturated carbocycles. The molecule has 0 aliphatic rings. The molecule has 0 amide bonds. The van der Waals surface area contributed by atoms with Gasteiger partial charge in [0.25, 0.3) is 0 Å². The van der Waals surface area contributed by atoms with Crippen LogP contribution in [0.4, 0.5) is 0 Å². The summed E-state index contributed by atoms with van der Waals surface area (Å²) < 4.78 is 0. The molecule has 0 aromatic carbocycles. The lowest BCUT2D eigenvalue weighted by Crippen LogP contribution is -2.28. The molecular weight excluding hydrogens is 178 g/mol. The van der Waals surface area contributed by atoms with Gasteiger partial charge < -0.3 is 10.8 Å². The van der Waals surface area contributed by atoms with Crippen LogP contribution in [0.1, 0.15) is 52.9 Å². The van der Waals surface area contributed by atoms with Crippen molar-refractivity contribution >= 4 is 5.97 Å². The molecule has 3 N–H and O–H groups in total. The Morgan fingerprint density at radius 1 is 1.50 bits per heavy atom. The maximum absolute atomic E-state index is 10.4. The molecule has 0 heterocycles. The molecule has 1 atom stereocenters. The van der Waals surface area contributed by atoms with E-state index in [1.54, 1.807) is 0 Å². The van der Waals surface area contributed by atoms with E-state index in [-0.39, 0.29) is 17.9 Å². The zero-order chi connectivity index (χ0) is 11.2. The largest absolute Gasteiger partial charge is 0.481 e. The third kappa shape index (κ3) is 6.89. The minimum Gasteiger partial charge on any atom is -0.481 e. The van der Waals surface area contributed by atoms with Crippen LogP contribution < -0.4 is 5.73 Å². The van der Waals surface area contributed by atoms with Crippen molar-refractivity contribution in [2.45, 2.75) is 58.9 Å². The summed E-state index contributed by atoms with van der Waals surface area (Å²) in [5, 5.41) is 8.58. The molecule has 0 aliphatic heterocycles. The van der Waals surface area contributed by atoms with Crippen molar-refractivity contribution in [3.8, 4) is 0 Å². The van der Waals surface area contributed by atoms with E-state index < -0.39 is 5.97 Å². The molecular formula is C11H23NO2. The Balaban J connectivity index is 3.86. The van der Waals surface area contributed by atoms with Crippen molar-refractivity contribution in [2.75, 3.05) is 0 Å². The third-order valence-electron chi connectivity index (χ3n) is 2.49. The summed E-state index contributed by atoms with van der Waals surface area (Å²) in [4.78, 5) is 10.4. The highest BCUT2D eigenvalue weighted by atomic mass is 16.4. The minimum atomic E-state index is -0.720. The van der Waals surface area contributed by atoms with Gasteiger partial charge in [-0.05, 0) is 24.7 Å². The molecule has 1 unspecified atom stereocenters. The highest BCUT2D eigenvalue weighted by molar-refractivity contribution is 5.66. The average Bonchev–Trinajstić information content (AvgIpc) is 2.00. The van der Waals surface area contributed by atoms with Crippen LogP contribution in [0.25, 0.3) is 0 Å². The summed E-state index contributed by atoms with van der Waals surface area (Å²) in [6, 6.07) is 0.212. The number of hydrogen-bond donors (Lipinski definition) is 2. The molecule has 0 saturated heterocycles. The Bertz CT molecular complexity index is 178. The number of aliphatic carboxylic acids is 1. The number of carbonyl (C=O) groups is 1. The van der Waals surface area contributed by atoms with E-state index in [0.29, 0.717) is 6.42 Å². The zero-order valence-corrected chi connectivity index (χ0v) is 9.55. The van der Waals surface area contributed by atoms with Crippen molar-refractivity contribution in [2.24, 2.45) is 11.1 Å². The van der Waals surface area contributed by atoms with Gasteiger partial charge in [0.15, 0.2) is 0 Å². The summed E-state index contributed by atoms with van der Waals surface area (Å²) in [5.41, 5.74) is 5.98. The van der Waals surface area contributed by atoms with Gasteiger partial charge in [0.1, 0.15) is 0 Å². The second kappa shape index (κ2) is 6.02. The molecule has 14 heavy (non-hydrogen) atoms. The summed E-state index contributed by atoms with van der Waals surface area (Å²) in [7, 11) is 0. The van der Waals surface area contributed by atoms with E-state index in [4.69, 9.17) is 10.8 Å². The lowest BCUT2D eigenvalue weighted by atomic mass is 9.81. The first-order valence-electron chi connectivity index (χ1n) is 5.35. The van der Waals surface area contributed by atoms with E-state index in [0.717, 1.165) is 19.3 Å². The third-order valence-corrected chi connectivity index (χ3v) is 2.49. The summed E-state index contributed by atoms with van der Waals surface area (Å²) in [6.07, 6.45) is 3.98. The van der Waals surface area contributed by atoms with Crippen LogP contribution in [-0.2, 0) is 4.79 Å². The molecule has 0 aromatic rings. The van der Waals surface area contributed by atoms with Gasteiger partial charge in [0, 0.05) is 12.5 Å². The number of carboxylic acid groups (broad SMARTS) is 1. The van der Waals surface area contributed by atoms with E-state index in [1.165, 1.54) is 0 Å². The first-order chi connectivity index (χ1) is 6.37. The molecule has 84 valence electrons. The number of carboxylic acids is 1. The minimum absolute atomic E-state index is 0.0486. The zero-order valence-electron chi connectivity index (χ0n) is 9.55. The number of hydrogen-bond acceptors (Lipinski definition) is 2. The number of rotatable bonds is 7. The first kappa shape index (κ1) is 13.4. The van der Waals surface area contributed by atoms with Gasteiger partial charge in [-0.3, -0.25) is 4.79 Å². The maximum atomic E-state index is 10.4. The highest BCUT2D eigenvalue weighted by Gasteiger charge is 2.21. The van der Waals surface area contributed by atoms with Crippen molar-refractivity contribution < 1.29 is 9.90 Å². The van der Waals surface area contributed by atoms with E-state index >= 15 is 0 Å². The molecule has 0 spiro atoms. The molecule has 0 aliphatic carbocycles. The molecule has 0 fully saturated rings. The van der Waals surface area contributed by atoms with Crippen LogP contribution in [0, 0.1) is 5.41 Å². The number of nitrogens with two attached hydrogens (primary N) is 1. The fraction of sp³-hybridized carbons (Fsp3) is 0.909. The van der Waals surface area contributed by atoms with Gasteiger partial charge >= 0.3 is 5.97 Å². The van der Waals surface area contributed by atoms with Gasteiger partial charge in [-0.1, -0.05) is 27.2 Å². The summed E-state index contributed by atoms with van der Waals surface area (Å²) >= 11 is 0. The Morgan fingerprint density at radius 3 is 2.50 bits per heavy atom. The van der Waals surface area contributed by atoms with Crippen molar-refractivity contribution in [1.82, 2.24) is 0 Å². The molecule has 3 nitrogen and oxygen atoms in total. The summed E-state index contributed by atoms with van der Waals surface area (Å²) in [5.74, 6) is -0.720. The van der Waals surface area contributed by atoms with Gasteiger partial charge in [-0.15, -0.1) is 0 Å². The van der Waals surface area contributed by atoms with Crippen LogP contribution in [0.2, 0.25) is 0 Å². The molecule has 3 heteroatoms. The van der Waals surface area contributed by atoms with Gasteiger partial charge in [-0.2, -0.15) is 0 Å². The predicted octanol–water partition coefficient (Wildman–Crippen LogP) is 2.39. The predicted molar refractivity (Wildman–Crippen MR) is 58.2 cm³/mol.